The first kappa shape index (κ1) is 19.3. The average molecular weight is 338 g/mol. The molecule has 2 fully saturated rings. The molecule has 1 saturated carbocycles. The van der Waals surface area contributed by atoms with Gasteiger partial charge in [-0.15, -0.1) is 0 Å². The van der Waals surface area contributed by atoms with Crippen molar-refractivity contribution in [2.45, 2.75) is 98.2 Å². The summed E-state index contributed by atoms with van der Waals surface area (Å²) in [6, 6.07) is 0. The van der Waals surface area contributed by atoms with Gasteiger partial charge in [0.1, 0.15) is 11.7 Å². The lowest BCUT2D eigenvalue weighted by Crippen LogP contribution is -2.47. The van der Waals surface area contributed by atoms with E-state index in [4.69, 9.17) is 9.47 Å². The molecule has 0 spiro atoms. The minimum Gasteiger partial charge on any atom is -0.458 e. The van der Waals surface area contributed by atoms with E-state index < -0.39 is 5.60 Å². The molecule has 2 unspecified atom stereocenters. The van der Waals surface area contributed by atoms with Crippen molar-refractivity contribution in [2.24, 2.45) is 16.7 Å². The van der Waals surface area contributed by atoms with Gasteiger partial charge in [-0.2, -0.15) is 0 Å². The smallest absolute Gasteiger partial charge is 0.310 e. The van der Waals surface area contributed by atoms with E-state index in [0.717, 1.165) is 32.1 Å². The molecule has 1 heterocycles. The standard InChI is InChI=1S/C20H34O4/c1-18(2,3)13-14(19(4,5)6)17(22)24-20(11-7-8-12-20)15-9-10-16(21)23-15/h14-15H,7-13H2,1-6H3. The number of cyclic esters (lactones) is 1. The first-order valence-electron chi connectivity index (χ1n) is 9.35. The van der Waals surface area contributed by atoms with Crippen LogP contribution in [0.15, 0.2) is 0 Å². The normalized spacial score (nSPS) is 25.4. The maximum absolute atomic E-state index is 13.1. The second-order valence-corrected chi connectivity index (χ2v) is 9.89. The molecule has 4 heteroatoms. The minimum atomic E-state index is -0.593. The summed E-state index contributed by atoms with van der Waals surface area (Å²) < 4.78 is 11.6. The van der Waals surface area contributed by atoms with E-state index >= 15 is 0 Å². The summed E-state index contributed by atoms with van der Waals surface area (Å²) in [5.41, 5.74) is -0.694. The van der Waals surface area contributed by atoms with Crippen LogP contribution in [0.4, 0.5) is 0 Å². The Morgan fingerprint density at radius 2 is 1.79 bits per heavy atom. The average Bonchev–Trinajstić information content (AvgIpc) is 3.03. The molecule has 0 aromatic carbocycles. The fourth-order valence-corrected chi connectivity index (χ4v) is 3.99. The van der Waals surface area contributed by atoms with Crippen molar-refractivity contribution in [2.75, 3.05) is 0 Å². The Balaban J connectivity index is 2.18. The summed E-state index contributed by atoms with van der Waals surface area (Å²) in [6.45, 7) is 12.8. The van der Waals surface area contributed by atoms with E-state index in [1.165, 1.54) is 0 Å². The molecule has 138 valence electrons. The van der Waals surface area contributed by atoms with Crippen molar-refractivity contribution in [3.05, 3.63) is 0 Å². The molecule has 0 aromatic rings. The summed E-state index contributed by atoms with van der Waals surface area (Å²) >= 11 is 0. The van der Waals surface area contributed by atoms with Gasteiger partial charge in [0.25, 0.3) is 0 Å². The number of esters is 2. The highest BCUT2D eigenvalue weighted by molar-refractivity contribution is 5.75. The van der Waals surface area contributed by atoms with Gasteiger partial charge in [-0.25, -0.2) is 0 Å². The highest BCUT2D eigenvalue weighted by Gasteiger charge is 2.51. The number of hydrogen-bond acceptors (Lipinski definition) is 4. The van der Waals surface area contributed by atoms with Crippen molar-refractivity contribution in [1.82, 2.24) is 0 Å². The third kappa shape index (κ3) is 4.52. The van der Waals surface area contributed by atoms with Gasteiger partial charge in [0.2, 0.25) is 0 Å². The molecular weight excluding hydrogens is 304 g/mol. The summed E-state index contributed by atoms with van der Waals surface area (Å²) in [6.07, 6.45) is 5.32. The van der Waals surface area contributed by atoms with Crippen molar-refractivity contribution in [1.29, 1.82) is 0 Å². The van der Waals surface area contributed by atoms with Crippen molar-refractivity contribution < 1.29 is 19.1 Å². The van der Waals surface area contributed by atoms with Crippen molar-refractivity contribution >= 4 is 11.9 Å². The topological polar surface area (TPSA) is 52.6 Å². The van der Waals surface area contributed by atoms with Gasteiger partial charge in [0.15, 0.2) is 0 Å². The van der Waals surface area contributed by atoms with Gasteiger partial charge in [-0.05, 0) is 49.4 Å². The van der Waals surface area contributed by atoms with Crippen LogP contribution in [0.5, 0.6) is 0 Å². The van der Waals surface area contributed by atoms with Gasteiger partial charge in [0, 0.05) is 6.42 Å². The quantitative estimate of drug-likeness (QED) is 0.700. The molecule has 24 heavy (non-hydrogen) atoms. The van der Waals surface area contributed by atoms with Crippen LogP contribution in [0.2, 0.25) is 0 Å². The fraction of sp³-hybridized carbons (Fsp3) is 0.900. The predicted octanol–water partition coefficient (Wildman–Crippen LogP) is 4.65. The Morgan fingerprint density at radius 3 is 2.21 bits per heavy atom. The zero-order valence-electron chi connectivity index (χ0n) is 16.2. The van der Waals surface area contributed by atoms with Gasteiger partial charge in [0.05, 0.1) is 5.92 Å². The predicted molar refractivity (Wildman–Crippen MR) is 93.4 cm³/mol. The summed E-state index contributed by atoms with van der Waals surface area (Å²) in [5.74, 6) is -0.446. The van der Waals surface area contributed by atoms with Crippen LogP contribution in [-0.2, 0) is 19.1 Å². The third-order valence-electron chi connectivity index (χ3n) is 5.37. The number of carbonyl (C=O) groups is 2. The van der Waals surface area contributed by atoms with Gasteiger partial charge < -0.3 is 9.47 Å². The van der Waals surface area contributed by atoms with Crippen LogP contribution in [0, 0.1) is 16.7 Å². The highest BCUT2D eigenvalue weighted by atomic mass is 16.6. The minimum absolute atomic E-state index is 0.0552. The lowest BCUT2D eigenvalue weighted by atomic mass is 9.72. The largest absolute Gasteiger partial charge is 0.458 e. The number of carbonyl (C=O) groups excluding carboxylic acids is 2. The van der Waals surface area contributed by atoms with Crippen LogP contribution in [0.1, 0.15) is 86.5 Å². The molecule has 0 aromatic heterocycles. The zero-order valence-corrected chi connectivity index (χ0v) is 16.2. The molecule has 1 aliphatic heterocycles. The Labute approximate surface area is 146 Å². The van der Waals surface area contributed by atoms with Crippen molar-refractivity contribution in [3.63, 3.8) is 0 Å². The van der Waals surface area contributed by atoms with Crippen LogP contribution in [-0.4, -0.2) is 23.6 Å². The molecule has 1 aliphatic carbocycles. The SMILES string of the molecule is CC(C)(C)CC(C(=O)OC1(C2CCC(=O)O2)CCCC1)C(C)(C)C. The Morgan fingerprint density at radius 1 is 1.21 bits per heavy atom. The molecule has 4 nitrogen and oxygen atoms in total. The lowest BCUT2D eigenvalue weighted by molar-refractivity contribution is -0.187. The Bertz CT molecular complexity index is 475. The van der Waals surface area contributed by atoms with E-state index in [9.17, 15) is 9.59 Å². The number of hydrogen-bond donors (Lipinski definition) is 0. The first-order chi connectivity index (χ1) is 10.9. The second-order valence-electron chi connectivity index (χ2n) is 9.89. The molecule has 0 bridgehead atoms. The highest BCUT2D eigenvalue weighted by Crippen LogP contribution is 2.44. The van der Waals surface area contributed by atoms with E-state index in [0.29, 0.717) is 12.8 Å². The maximum atomic E-state index is 13.1. The number of ether oxygens (including phenoxy) is 2. The van der Waals surface area contributed by atoms with Crippen molar-refractivity contribution in [3.8, 4) is 0 Å². The van der Waals surface area contributed by atoms with Gasteiger partial charge in [-0.3, -0.25) is 9.59 Å². The van der Waals surface area contributed by atoms with Crippen LogP contribution < -0.4 is 0 Å². The third-order valence-corrected chi connectivity index (χ3v) is 5.37. The molecular formula is C20H34O4. The molecule has 0 N–H and O–H groups in total. The molecule has 0 radical (unpaired) electrons. The second kappa shape index (κ2) is 6.68. The summed E-state index contributed by atoms with van der Waals surface area (Å²) in [5, 5.41) is 0. The van der Waals surface area contributed by atoms with Crippen LogP contribution in [0.3, 0.4) is 0 Å². The van der Waals surface area contributed by atoms with Crippen LogP contribution >= 0.6 is 0 Å². The van der Waals surface area contributed by atoms with Crippen LogP contribution in [0.25, 0.3) is 0 Å². The van der Waals surface area contributed by atoms with Gasteiger partial charge in [-0.1, -0.05) is 41.5 Å². The Hall–Kier alpha value is -1.06. The lowest BCUT2D eigenvalue weighted by Gasteiger charge is -2.39. The monoisotopic (exact) mass is 338 g/mol. The molecule has 2 rings (SSSR count). The fourth-order valence-electron chi connectivity index (χ4n) is 3.99. The molecule has 2 aliphatic rings. The van der Waals surface area contributed by atoms with E-state index in [-0.39, 0.29) is 34.8 Å². The zero-order chi connectivity index (χ0) is 18.2. The summed E-state index contributed by atoms with van der Waals surface area (Å²) in [4.78, 5) is 24.7. The molecule has 2 atom stereocenters. The Kier molecular flexibility index (Phi) is 5.37. The van der Waals surface area contributed by atoms with E-state index in [2.05, 4.69) is 41.5 Å². The van der Waals surface area contributed by atoms with Gasteiger partial charge >= 0.3 is 11.9 Å². The molecule has 0 amide bonds. The molecule has 1 saturated heterocycles. The first-order valence-corrected chi connectivity index (χ1v) is 9.35. The number of rotatable bonds is 4. The maximum Gasteiger partial charge on any atom is 0.310 e. The van der Waals surface area contributed by atoms with E-state index in [1.807, 2.05) is 0 Å². The summed E-state index contributed by atoms with van der Waals surface area (Å²) in [7, 11) is 0. The van der Waals surface area contributed by atoms with E-state index in [1.54, 1.807) is 0 Å².